The van der Waals surface area contributed by atoms with Crippen LogP contribution in [0.5, 0.6) is 0 Å². The molecule has 2 heteroatoms. The summed E-state index contributed by atoms with van der Waals surface area (Å²) in [7, 11) is 2.26. The highest BCUT2D eigenvalue weighted by molar-refractivity contribution is 5.14. The van der Waals surface area contributed by atoms with E-state index in [1.54, 1.807) is 0 Å². The fourth-order valence-corrected chi connectivity index (χ4v) is 3.29. The average Bonchev–Trinajstić information content (AvgIpc) is 2.47. The highest BCUT2D eigenvalue weighted by Crippen LogP contribution is 2.25. The number of hydrogen-bond acceptors (Lipinski definition) is 2. The highest BCUT2D eigenvalue weighted by Gasteiger charge is 2.23. The van der Waals surface area contributed by atoms with Crippen LogP contribution in [0.2, 0.25) is 0 Å². The van der Waals surface area contributed by atoms with Crippen molar-refractivity contribution >= 4 is 0 Å². The summed E-state index contributed by atoms with van der Waals surface area (Å²) in [5, 5.41) is 3.47. The van der Waals surface area contributed by atoms with Crippen molar-refractivity contribution in [3.8, 4) is 0 Å². The Labute approximate surface area is 118 Å². The Morgan fingerprint density at radius 2 is 1.89 bits per heavy atom. The number of nitrogens with one attached hydrogen (secondary N) is 1. The molecule has 1 aromatic carbocycles. The molecule has 1 atom stereocenters. The molecular formula is C17H28N2. The lowest BCUT2D eigenvalue weighted by atomic mass is 9.83. The van der Waals surface area contributed by atoms with E-state index in [0.29, 0.717) is 0 Å². The fourth-order valence-electron chi connectivity index (χ4n) is 3.29. The zero-order chi connectivity index (χ0) is 13.5. The van der Waals surface area contributed by atoms with Crippen molar-refractivity contribution in [3.63, 3.8) is 0 Å². The Hall–Kier alpha value is -0.860. The molecule has 1 aliphatic heterocycles. The molecule has 1 saturated heterocycles. The molecule has 19 heavy (non-hydrogen) atoms. The van der Waals surface area contributed by atoms with Crippen LogP contribution in [0.15, 0.2) is 30.3 Å². The summed E-state index contributed by atoms with van der Waals surface area (Å²) in [6.07, 6.45) is 4.03. The van der Waals surface area contributed by atoms with Gasteiger partial charge in [0, 0.05) is 13.1 Å². The molecule has 0 saturated carbocycles. The Balaban J connectivity index is 1.83. The first-order chi connectivity index (χ1) is 9.29. The molecule has 2 rings (SSSR count). The van der Waals surface area contributed by atoms with Crippen LogP contribution in [0.1, 0.15) is 31.7 Å². The number of nitrogens with zero attached hydrogens (tertiary/aromatic N) is 1. The molecule has 0 radical (unpaired) electrons. The molecule has 1 fully saturated rings. The van der Waals surface area contributed by atoms with Crippen molar-refractivity contribution in [1.29, 1.82) is 0 Å². The minimum absolute atomic E-state index is 0.857. The van der Waals surface area contributed by atoms with Gasteiger partial charge in [0.2, 0.25) is 0 Å². The Morgan fingerprint density at radius 1 is 1.21 bits per heavy atom. The van der Waals surface area contributed by atoms with E-state index < -0.39 is 0 Å². The van der Waals surface area contributed by atoms with Crippen LogP contribution in [0.25, 0.3) is 0 Å². The van der Waals surface area contributed by atoms with E-state index in [1.807, 2.05) is 0 Å². The van der Waals surface area contributed by atoms with Gasteiger partial charge in [-0.1, -0.05) is 43.7 Å². The van der Waals surface area contributed by atoms with Crippen LogP contribution >= 0.6 is 0 Å². The smallest absolute Gasteiger partial charge is 0.0230 e. The summed E-state index contributed by atoms with van der Waals surface area (Å²) in [5.74, 6) is 1.78. The maximum Gasteiger partial charge on any atom is 0.0230 e. The van der Waals surface area contributed by atoms with Crippen molar-refractivity contribution in [2.45, 2.75) is 32.7 Å². The van der Waals surface area contributed by atoms with Gasteiger partial charge in [-0.25, -0.2) is 0 Å². The van der Waals surface area contributed by atoms with E-state index in [-0.39, 0.29) is 0 Å². The first kappa shape index (κ1) is 14.5. The average molecular weight is 260 g/mol. The van der Waals surface area contributed by atoms with Gasteiger partial charge in [-0.15, -0.1) is 0 Å². The number of piperidine rings is 1. The molecule has 106 valence electrons. The quantitative estimate of drug-likeness (QED) is 0.845. The van der Waals surface area contributed by atoms with Gasteiger partial charge in [-0.05, 0) is 50.4 Å². The summed E-state index contributed by atoms with van der Waals surface area (Å²) in [4.78, 5) is 2.49. The van der Waals surface area contributed by atoms with Gasteiger partial charge < -0.3 is 10.2 Å². The molecule has 1 unspecified atom stereocenters. The minimum atomic E-state index is 0.857. The van der Waals surface area contributed by atoms with E-state index in [9.17, 15) is 0 Å². The largest absolute Gasteiger partial charge is 0.317 e. The van der Waals surface area contributed by atoms with E-state index in [0.717, 1.165) is 18.4 Å². The first-order valence-corrected chi connectivity index (χ1v) is 7.72. The highest BCUT2D eigenvalue weighted by atomic mass is 15.1. The molecule has 2 nitrogen and oxygen atoms in total. The lowest BCUT2D eigenvalue weighted by Crippen LogP contribution is -2.36. The third-order valence-electron chi connectivity index (χ3n) is 4.42. The van der Waals surface area contributed by atoms with E-state index in [4.69, 9.17) is 0 Å². The number of rotatable bonds is 6. The molecule has 0 amide bonds. The molecule has 1 aromatic rings. The molecule has 0 aromatic heterocycles. The SMILES string of the molecule is CCC(CN(C)Cc1ccccc1)C1CCNCC1. The van der Waals surface area contributed by atoms with Gasteiger partial charge >= 0.3 is 0 Å². The summed E-state index contributed by atoms with van der Waals surface area (Å²) < 4.78 is 0. The van der Waals surface area contributed by atoms with Crippen molar-refractivity contribution in [2.75, 3.05) is 26.7 Å². The fraction of sp³-hybridized carbons (Fsp3) is 0.647. The molecule has 1 heterocycles. The second-order valence-corrected chi connectivity index (χ2v) is 5.94. The van der Waals surface area contributed by atoms with Gasteiger partial charge in [0.15, 0.2) is 0 Å². The van der Waals surface area contributed by atoms with Crippen molar-refractivity contribution in [3.05, 3.63) is 35.9 Å². The summed E-state index contributed by atoms with van der Waals surface area (Å²) in [5.41, 5.74) is 1.42. The van der Waals surface area contributed by atoms with Crippen LogP contribution in [0.4, 0.5) is 0 Å². The maximum atomic E-state index is 3.47. The summed E-state index contributed by atoms with van der Waals surface area (Å²) in [6, 6.07) is 10.8. The Kier molecular flexibility index (Phi) is 5.87. The predicted molar refractivity (Wildman–Crippen MR) is 82.2 cm³/mol. The molecule has 0 aliphatic carbocycles. The minimum Gasteiger partial charge on any atom is -0.317 e. The zero-order valence-corrected chi connectivity index (χ0v) is 12.4. The van der Waals surface area contributed by atoms with Crippen molar-refractivity contribution < 1.29 is 0 Å². The standard InChI is InChI=1S/C17H28N2/c1-3-16(17-9-11-18-12-10-17)14-19(2)13-15-7-5-4-6-8-15/h4-8,16-18H,3,9-14H2,1-2H3. The third-order valence-corrected chi connectivity index (χ3v) is 4.42. The van der Waals surface area contributed by atoms with Crippen LogP contribution < -0.4 is 5.32 Å². The molecule has 1 aliphatic rings. The second-order valence-electron chi connectivity index (χ2n) is 5.94. The van der Waals surface area contributed by atoms with Gasteiger partial charge in [-0.3, -0.25) is 0 Å². The zero-order valence-electron chi connectivity index (χ0n) is 12.4. The van der Waals surface area contributed by atoms with Crippen LogP contribution in [-0.2, 0) is 6.54 Å². The number of hydrogen-bond donors (Lipinski definition) is 1. The molecular weight excluding hydrogens is 232 g/mol. The first-order valence-electron chi connectivity index (χ1n) is 7.72. The Bertz CT molecular complexity index is 344. The second kappa shape index (κ2) is 7.66. The van der Waals surface area contributed by atoms with E-state index in [2.05, 4.69) is 54.5 Å². The third kappa shape index (κ3) is 4.63. The van der Waals surface area contributed by atoms with E-state index >= 15 is 0 Å². The van der Waals surface area contributed by atoms with Gasteiger partial charge in [0.25, 0.3) is 0 Å². The Morgan fingerprint density at radius 3 is 2.53 bits per heavy atom. The topological polar surface area (TPSA) is 15.3 Å². The van der Waals surface area contributed by atoms with Crippen LogP contribution in [0, 0.1) is 11.8 Å². The van der Waals surface area contributed by atoms with Gasteiger partial charge in [-0.2, -0.15) is 0 Å². The normalized spacial score (nSPS) is 18.7. The predicted octanol–water partition coefficient (Wildman–Crippen LogP) is 3.14. The summed E-state index contributed by atoms with van der Waals surface area (Å²) >= 11 is 0. The molecule has 0 bridgehead atoms. The van der Waals surface area contributed by atoms with Crippen molar-refractivity contribution in [2.24, 2.45) is 11.8 Å². The van der Waals surface area contributed by atoms with Crippen molar-refractivity contribution in [1.82, 2.24) is 10.2 Å². The number of benzene rings is 1. The van der Waals surface area contributed by atoms with Crippen LogP contribution in [0.3, 0.4) is 0 Å². The lowest BCUT2D eigenvalue weighted by molar-refractivity contribution is 0.180. The van der Waals surface area contributed by atoms with Gasteiger partial charge in [0.1, 0.15) is 0 Å². The molecule has 1 N–H and O–H groups in total. The van der Waals surface area contributed by atoms with E-state index in [1.165, 1.54) is 44.5 Å². The maximum absolute atomic E-state index is 3.47. The monoisotopic (exact) mass is 260 g/mol. The molecule has 0 spiro atoms. The summed E-state index contributed by atoms with van der Waals surface area (Å²) in [6.45, 7) is 7.08. The van der Waals surface area contributed by atoms with Crippen LogP contribution in [-0.4, -0.2) is 31.6 Å². The lowest BCUT2D eigenvalue weighted by Gasteiger charge is -2.33. The van der Waals surface area contributed by atoms with Gasteiger partial charge in [0.05, 0.1) is 0 Å².